The van der Waals surface area contributed by atoms with Crippen LogP contribution in [-0.2, 0) is 0 Å². The van der Waals surface area contributed by atoms with Gasteiger partial charge >= 0.3 is 0 Å². The lowest BCUT2D eigenvalue weighted by atomic mass is 10.1. The van der Waals surface area contributed by atoms with E-state index in [1.165, 1.54) is 38.5 Å². The van der Waals surface area contributed by atoms with Crippen molar-refractivity contribution in [2.75, 3.05) is 0 Å². The Kier molecular flexibility index (Phi) is 4.07. The summed E-state index contributed by atoms with van der Waals surface area (Å²) in [7, 11) is 4.17. The van der Waals surface area contributed by atoms with Crippen molar-refractivity contribution in [1.29, 1.82) is 0 Å². The van der Waals surface area contributed by atoms with Gasteiger partial charge in [0.25, 0.3) is 0 Å². The van der Waals surface area contributed by atoms with E-state index in [2.05, 4.69) is 25.8 Å². The maximum Gasteiger partial charge on any atom is -0.0182 e. The van der Waals surface area contributed by atoms with Gasteiger partial charge in [-0.2, -0.15) is 0 Å². The number of likely N-dealkylation sites (tertiary alicyclic amines) is 1. The van der Waals surface area contributed by atoms with Gasteiger partial charge in [-0.3, -0.25) is 7.05 Å². The molecule has 0 aliphatic carbocycles. The third kappa shape index (κ3) is 2.22. The van der Waals surface area contributed by atoms with Gasteiger partial charge in [0.15, 0.2) is 0 Å². The van der Waals surface area contributed by atoms with E-state index in [9.17, 15) is 0 Å². The highest BCUT2D eigenvalue weighted by molar-refractivity contribution is 4.86. The molecule has 0 aromatic heterocycles. The molecule has 1 aliphatic rings. The molecule has 1 heterocycles. The third-order valence-electron chi connectivity index (χ3n) is 3.01. The van der Waals surface area contributed by atoms with Crippen LogP contribution in [0.2, 0.25) is 0 Å². The fourth-order valence-electron chi connectivity index (χ4n) is 2.30. The molecule has 0 spiro atoms. The van der Waals surface area contributed by atoms with E-state index in [-0.39, 0.29) is 0 Å². The lowest BCUT2D eigenvalue weighted by molar-refractivity contribution is 0.248. The highest BCUT2D eigenvalue weighted by Crippen LogP contribution is 2.28. The molecule has 0 saturated carbocycles. The Balaban J connectivity index is 2.32. The third-order valence-corrected chi connectivity index (χ3v) is 3.01. The Morgan fingerprint density at radius 1 is 1.08 bits per heavy atom. The van der Waals surface area contributed by atoms with Crippen LogP contribution in [0.25, 0.3) is 0 Å². The Hall–Kier alpha value is -0.0400. The molecule has 1 aliphatic heterocycles. The average molecular weight is 168 g/mol. The van der Waals surface area contributed by atoms with E-state index < -0.39 is 0 Å². The van der Waals surface area contributed by atoms with Crippen molar-refractivity contribution in [2.45, 2.75) is 64.5 Å². The summed E-state index contributed by atoms with van der Waals surface area (Å²) < 4.78 is 0. The summed E-state index contributed by atoms with van der Waals surface area (Å²) in [6.45, 7) is 4.53. The van der Waals surface area contributed by atoms with Crippen LogP contribution in [0.5, 0.6) is 0 Å². The molecule has 0 aromatic rings. The predicted molar refractivity (Wildman–Crippen MR) is 53.8 cm³/mol. The molecule has 0 amide bonds. The fourth-order valence-corrected chi connectivity index (χ4v) is 2.30. The zero-order valence-electron chi connectivity index (χ0n) is 8.55. The molecule has 1 rings (SSSR count). The lowest BCUT2D eigenvalue weighted by Crippen LogP contribution is -2.29. The second-order valence-electron chi connectivity index (χ2n) is 3.98. The monoisotopic (exact) mass is 168 g/mol. The van der Waals surface area contributed by atoms with Gasteiger partial charge < -0.3 is 4.90 Å². The molecule has 1 nitrogen and oxygen atoms in total. The normalized spacial score (nSPS) is 31.2. The fraction of sp³-hybridized carbons (Fsp3) is 0.909. The minimum Gasteiger partial charge on any atom is -0.454 e. The first-order valence-corrected chi connectivity index (χ1v) is 5.38. The Bertz CT molecular complexity index is 108. The summed E-state index contributed by atoms with van der Waals surface area (Å²) in [5.41, 5.74) is 0. The molecule has 0 aromatic carbocycles. The van der Waals surface area contributed by atoms with Crippen molar-refractivity contribution in [3.8, 4) is 0 Å². The van der Waals surface area contributed by atoms with Crippen LogP contribution in [0.1, 0.15) is 52.4 Å². The summed E-state index contributed by atoms with van der Waals surface area (Å²) >= 11 is 0. The zero-order chi connectivity index (χ0) is 8.97. The molecule has 1 heteroatoms. The highest BCUT2D eigenvalue weighted by Gasteiger charge is 2.23. The van der Waals surface area contributed by atoms with Crippen LogP contribution >= 0.6 is 0 Å². The van der Waals surface area contributed by atoms with Crippen molar-refractivity contribution in [3.05, 3.63) is 7.05 Å². The molecule has 1 saturated heterocycles. The van der Waals surface area contributed by atoms with Crippen LogP contribution in [0.4, 0.5) is 0 Å². The van der Waals surface area contributed by atoms with E-state index in [4.69, 9.17) is 0 Å². The molecule has 12 heavy (non-hydrogen) atoms. The number of hydrogen-bond acceptors (Lipinski definition) is 1. The standard InChI is InChI=1S/C11H22N/c1-4-6-10-8-9-11(7-5-2)12(10)3/h10-11H,3-9H2,1-2H3/q-1/t10-,11-/m1/s1. The van der Waals surface area contributed by atoms with Gasteiger partial charge in [0.2, 0.25) is 0 Å². The number of nitrogens with zero attached hydrogens (tertiary/aromatic N) is 1. The minimum atomic E-state index is 0.784. The Morgan fingerprint density at radius 3 is 1.83 bits per heavy atom. The summed E-state index contributed by atoms with van der Waals surface area (Å²) in [6, 6.07) is 1.57. The van der Waals surface area contributed by atoms with Gasteiger partial charge in [-0.15, -0.1) is 0 Å². The van der Waals surface area contributed by atoms with Crippen molar-refractivity contribution < 1.29 is 0 Å². The molecular weight excluding hydrogens is 146 g/mol. The highest BCUT2D eigenvalue weighted by atomic mass is 15.2. The minimum absolute atomic E-state index is 0.784. The molecule has 1 fully saturated rings. The van der Waals surface area contributed by atoms with Gasteiger partial charge in [-0.1, -0.05) is 26.7 Å². The summed E-state index contributed by atoms with van der Waals surface area (Å²) in [5.74, 6) is 0. The van der Waals surface area contributed by atoms with E-state index in [1.54, 1.807) is 0 Å². The summed E-state index contributed by atoms with van der Waals surface area (Å²) in [4.78, 5) is 2.37. The Morgan fingerprint density at radius 2 is 1.50 bits per heavy atom. The van der Waals surface area contributed by atoms with E-state index >= 15 is 0 Å². The van der Waals surface area contributed by atoms with Crippen molar-refractivity contribution >= 4 is 0 Å². The zero-order valence-corrected chi connectivity index (χ0v) is 8.55. The van der Waals surface area contributed by atoms with Gasteiger partial charge in [-0.25, -0.2) is 0 Å². The van der Waals surface area contributed by atoms with E-state index in [1.807, 2.05) is 0 Å². The van der Waals surface area contributed by atoms with Crippen LogP contribution in [0.15, 0.2) is 0 Å². The topological polar surface area (TPSA) is 3.24 Å². The average Bonchev–Trinajstić information content (AvgIpc) is 2.38. The first-order valence-electron chi connectivity index (χ1n) is 5.38. The van der Waals surface area contributed by atoms with Gasteiger partial charge in [0, 0.05) is 0 Å². The molecular formula is C11H22N-. The van der Waals surface area contributed by atoms with Crippen LogP contribution in [0, 0.1) is 7.05 Å². The SMILES string of the molecule is [CH2-]N1[C@H](CCC)CC[C@H]1CCC. The van der Waals surface area contributed by atoms with Gasteiger partial charge in [0.1, 0.15) is 0 Å². The maximum atomic E-state index is 4.17. The molecule has 2 atom stereocenters. The molecule has 0 radical (unpaired) electrons. The number of hydrogen-bond donors (Lipinski definition) is 0. The predicted octanol–water partition coefficient (Wildman–Crippen LogP) is 3.21. The second-order valence-corrected chi connectivity index (χ2v) is 3.98. The summed E-state index contributed by atoms with van der Waals surface area (Å²) in [6.07, 6.45) is 8.03. The first kappa shape index (κ1) is 10.0. The molecule has 0 N–H and O–H groups in total. The summed E-state index contributed by atoms with van der Waals surface area (Å²) in [5, 5.41) is 0. The maximum absolute atomic E-state index is 4.17. The van der Waals surface area contributed by atoms with Crippen molar-refractivity contribution in [2.24, 2.45) is 0 Å². The lowest BCUT2D eigenvalue weighted by Gasteiger charge is -2.33. The number of rotatable bonds is 4. The molecule has 0 bridgehead atoms. The largest absolute Gasteiger partial charge is 0.454 e. The van der Waals surface area contributed by atoms with E-state index in [0.29, 0.717) is 0 Å². The van der Waals surface area contributed by atoms with Crippen molar-refractivity contribution in [1.82, 2.24) is 4.90 Å². The van der Waals surface area contributed by atoms with Gasteiger partial charge in [-0.05, 0) is 37.8 Å². The smallest absolute Gasteiger partial charge is 0.0182 e. The van der Waals surface area contributed by atoms with Crippen LogP contribution in [0.3, 0.4) is 0 Å². The second kappa shape index (κ2) is 4.86. The van der Waals surface area contributed by atoms with Crippen LogP contribution in [-0.4, -0.2) is 17.0 Å². The van der Waals surface area contributed by atoms with Crippen LogP contribution < -0.4 is 0 Å². The van der Waals surface area contributed by atoms with Crippen molar-refractivity contribution in [3.63, 3.8) is 0 Å². The van der Waals surface area contributed by atoms with E-state index in [0.717, 1.165) is 12.1 Å². The first-order chi connectivity index (χ1) is 5.79. The van der Waals surface area contributed by atoms with Gasteiger partial charge in [0.05, 0.1) is 0 Å². The quantitative estimate of drug-likeness (QED) is 0.583. The molecule has 0 unspecified atom stereocenters. The Labute approximate surface area is 77.1 Å². The molecule has 72 valence electrons.